The quantitative estimate of drug-likeness (QED) is 0.0466. The lowest BCUT2D eigenvalue weighted by Gasteiger charge is -2.11. The van der Waals surface area contributed by atoms with Crippen LogP contribution < -0.4 is 0 Å². The minimum atomic E-state index is -0.920. The van der Waals surface area contributed by atoms with Crippen LogP contribution in [0.15, 0.2) is 127 Å². The lowest BCUT2D eigenvalue weighted by atomic mass is 10.1. The zero-order valence-corrected chi connectivity index (χ0v) is 40.1. The van der Waals surface area contributed by atoms with E-state index >= 15 is 0 Å². The molecule has 0 saturated carbocycles. The van der Waals surface area contributed by atoms with Crippen LogP contribution in [0.4, 0.5) is 0 Å². The Bertz CT molecular complexity index is 3350. The molecule has 0 radical (unpaired) electrons. The van der Waals surface area contributed by atoms with E-state index in [-0.39, 0.29) is 53.8 Å². The summed E-state index contributed by atoms with van der Waals surface area (Å²) in [6.07, 6.45) is 1.79. The third-order valence-corrected chi connectivity index (χ3v) is 12.6. The summed E-state index contributed by atoms with van der Waals surface area (Å²) in [6, 6.07) is 36.1. The molecule has 9 N–H and O–H groups in total. The molecule has 15 nitrogen and oxygen atoms in total. The Hall–Kier alpha value is -8.85. The normalized spacial score (nSPS) is 11.0. The van der Waals surface area contributed by atoms with Gasteiger partial charge in [-0.25, -0.2) is 0 Å². The molecule has 6 aromatic carbocycles. The maximum atomic E-state index is 11.3. The van der Waals surface area contributed by atoms with Gasteiger partial charge in [0.2, 0.25) is 0 Å². The third kappa shape index (κ3) is 11.4. The van der Waals surface area contributed by atoms with E-state index in [0.717, 1.165) is 72.2 Å². The summed E-state index contributed by atoms with van der Waals surface area (Å²) < 4.78 is 6.17. The van der Waals surface area contributed by atoms with Crippen LogP contribution in [-0.4, -0.2) is 77.6 Å². The lowest BCUT2D eigenvalue weighted by molar-refractivity contribution is -0.137. The fourth-order valence-electron chi connectivity index (χ4n) is 9.59. The number of nitrogens with zero attached hydrogens (tertiary/aromatic N) is 3. The first-order chi connectivity index (χ1) is 34.5. The first-order valence-corrected chi connectivity index (χ1v) is 23.5. The molecule has 15 heteroatoms. The van der Waals surface area contributed by atoms with E-state index in [2.05, 4.69) is 4.57 Å². The Morgan fingerprint density at radius 1 is 0.389 bits per heavy atom. The second kappa shape index (κ2) is 22.3. The number of aromatic nitrogens is 3. The van der Waals surface area contributed by atoms with Gasteiger partial charge in [0.25, 0.3) is 0 Å². The molecule has 72 heavy (non-hydrogen) atoms. The van der Waals surface area contributed by atoms with Crippen molar-refractivity contribution in [1.29, 1.82) is 0 Å². The van der Waals surface area contributed by atoms with Gasteiger partial charge in [-0.3, -0.25) is 14.4 Å². The Balaban J connectivity index is 0.000000158. The summed E-state index contributed by atoms with van der Waals surface area (Å²) in [7, 11) is 0. The van der Waals surface area contributed by atoms with E-state index in [1.807, 2.05) is 78.4 Å². The van der Waals surface area contributed by atoms with Crippen molar-refractivity contribution in [2.45, 2.75) is 78.9 Å². The molecular weight excluding hydrogens is 919 g/mol. The van der Waals surface area contributed by atoms with Crippen LogP contribution in [0, 0.1) is 0 Å². The maximum absolute atomic E-state index is 11.3. The Morgan fingerprint density at radius 3 is 1.22 bits per heavy atom. The van der Waals surface area contributed by atoms with Crippen molar-refractivity contribution >= 4 is 50.6 Å². The topological polar surface area (TPSA) is 248 Å². The molecule has 0 aliphatic carbocycles. The van der Waals surface area contributed by atoms with Gasteiger partial charge in [-0.1, -0.05) is 63.2 Å². The predicted octanol–water partition coefficient (Wildman–Crippen LogP) is 9.87. The van der Waals surface area contributed by atoms with Crippen LogP contribution >= 0.6 is 0 Å². The van der Waals surface area contributed by atoms with Gasteiger partial charge < -0.3 is 59.7 Å². The molecule has 3 aromatic heterocycles. The van der Waals surface area contributed by atoms with Gasteiger partial charge in [-0.15, -0.1) is 0 Å². The van der Waals surface area contributed by atoms with Crippen LogP contribution in [0.1, 0.15) is 71.2 Å². The average molecular weight is 976 g/mol. The number of carboxylic acids is 3. The Labute approximate surface area is 414 Å². The largest absolute Gasteiger partial charge is 0.508 e. The zero-order chi connectivity index (χ0) is 51.8. The Kier molecular flexibility index (Phi) is 15.8. The molecule has 0 fully saturated rings. The highest BCUT2D eigenvalue weighted by atomic mass is 16.4. The molecule has 0 amide bonds. The van der Waals surface area contributed by atoms with Crippen molar-refractivity contribution in [3.8, 4) is 34.5 Å². The van der Waals surface area contributed by atoms with Crippen LogP contribution in [0.5, 0.6) is 34.5 Å². The second-order valence-electron chi connectivity index (χ2n) is 17.4. The SMILES string of the molecule is CCc1c(CC(=O)O)c2c(O)cccc2n1Cc1ccc(O)cc1.CCc1c(CC(=O)O)c2cc(O)ccc2n1Cc1ccc(O)cc1.CCc1c(CC(=O)O)c2ccc(O)cc2n1Cc1ccc(O)cc1. The highest BCUT2D eigenvalue weighted by molar-refractivity contribution is 5.94. The van der Waals surface area contributed by atoms with Crippen LogP contribution in [0.2, 0.25) is 0 Å². The van der Waals surface area contributed by atoms with Crippen molar-refractivity contribution in [3.63, 3.8) is 0 Å². The van der Waals surface area contributed by atoms with Gasteiger partial charge in [0, 0.05) is 64.5 Å². The van der Waals surface area contributed by atoms with Gasteiger partial charge in [0.1, 0.15) is 34.5 Å². The first kappa shape index (κ1) is 51.0. The number of fused-ring (bicyclic) bond motifs is 3. The molecule has 0 bridgehead atoms. The van der Waals surface area contributed by atoms with E-state index in [4.69, 9.17) is 0 Å². The monoisotopic (exact) mass is 975 g/mol. The summed E-state index contributed by atoms with van der Waals surface area (Å²) in [5.74, 6) is -1.69. The minimum absolute atomic E-state index is 0.0486. The van der Waals surface area contributed by atoms with E-state index in [1.165, 1.54) is 0 Å². The smallest absolute Gasteiger partial charge is 0.307 e. The zero-order valence-electron chi connectivity index (χ0n) is 40.1. The lowest BCUT2D eigenvalue weighted by Crippen LogP contribution is -2.07. The van der Waals surface area contributed by atoms with Crippen molar-refractivity contribution < 1.29 is 60.3 Å². The molecule has 0 saturated heterocycles. The minimum Gasteiger partial charge on any atom is -0.508 e. The standard InChI is InChI=1S/3C19H19NO4/c1-2-17-16(10-19(23)24)15-9-14(22)7-8-18(15)20(17)11-12-3-5-13(21)6-4-12;1-2-17-16(10-19(23)24)15-8-7-14(22)9-18(15)20(17)11-12-3-5-13(21)6-4-12;1-2-15-14(10-18(23)24)19-16(4-3-5-17(19)22)20(15)11-12-6-8-13(21)9-7-12/h3*3-9,21-22H,2,10-11H2,1H3,(H,23,24). The fourth-order valence-corrected chi connectivity index (χ4v) is 9.59. The molecule has 0 atom stereocenters. The number of carbonyl (C=O) groups is 3. The molecule has 0 aliphatic heterocycles. The van der Waals surface area contributed by atoms with Gasteiger partial charge in [-0.05, 0) is 132 Å². The van der Waals surface area contributed by atoms with Crippen molar-refractivity contribution in [2.75, 3.05) is 0 Å². The summed E-state index contributed by atoms with van der Waals surface area (Å²) in [5.41, 5.74) is 10.5. The molecule has 9 rings (SSSR count). The molecule has 3 heterocycles. The Morgan fingerprint density at radius 2 is 0.764 bits per heavy atom. The maximum Gasteiger partial charge on any atom is 0.307 e. The number of aromatic hydroxyl groups is 6. The summed E-state index contributed by atoms with van der Waals surface area (Å²) >= 11 is 0. The fraction of sp³-hybridized carbons (Fsp3) is 0.211. The van der Waals surface area contributed by atoms with E-state index < -0.39 is 17.9 Å². The summed E-state index contributed by atoms with van der Waals surface area (Å²) in [4.78, 5) is 33.8. The average Bonchev–Trinajstić information content (AvgIpc) is 3.91. The van der Waals surface area contributed by atoms with Crippen LogP contribution in [-0.2, 0) is 72.5 Å². The number of aliphatic carboxylic acids is 3. The third-order valence-electron chi connectivity index (χ3n) is 12.6. The van der Waals surface area contributed by atoms with Gasteiger partial charge in [0.05, 0.1) is 30.3 Å². The number of rotatable bonds is 15. The summed E-state index contributed by atoms with van der Waals surface area (Å²) in [6.45, 7) is 7.62. The van der Waals surface area contributed by atoms with Crippen LogP contribution in [0.3, 0.4) is 0 Å². The van der Waals surface area contributed by atoms with E-state index in [1.54, 1.807) is 78.9 Å². The number of phenolic OH excluding ortho intramolecular Hbond substituents is 6. The summed E-state index contributed by atoms with van der Waals surface area (Å²) in [5, 5.41) is 88.2. The van der Waals surface area contributed by atoms with E-state index in [0.29, 0.717) is 49.8 Å². The highest BCUT2D eigenvalue weighted by Gasteiger charge is 2.22. The van der Waals surface area contributed by atoms with Crippen molar-refractivity contribution in [3.05, 3.63) is 178 Å². The van der Waals surface area contributed by atoms with Gasteiger partial charge in [-0.2, -0.15) is 0 Å². The number of carboxylic acid groups (broad SMARTS) is 3. The van der Waals surface area contributed by atoms with E-state index in [9.17, 15) is 60.3 Å². The molecule has 0 aliphatic rings. The van der Waals surface area contributed by atoms with Crippen molar-refractivity contribution in [1.82, 2.24) is 13.7 Å². The molecule has 372 valence electrons. The van der Waals surface area contributed by atoms with Crippen LogP contribution in [0.25, 0.3) is 32.7 Å². The number of phenols is 6. The molecule has 0 unspecified atom stereocenters. The first-order valence-electron chi connectivity index (χ1n) is 23.5. The second-order valence-corrected chi connectivity index (χ2v) is 17.4. The van der Waals surface area contributed by atoms with Gasteiger partial charge >= 0.3 is 17.9 Å². The molecule has 0 spiro atoms. The van der Waals surface area contributed by atoms with Gasteiger partial charge in [0.15, 0.2) is 0 Å². The molecule has 9 aromatic rings. The number of benzene rings is 6. The molecular formula is C57H57N3O12. The highest BCUT2D eigenvalue weighted by Crippen LogP contribution is 2.36. The number of hydrogen-bond donors (Lipinski definition) is 9. The predicted molar refractivity (Wildman–Crippen MR) is 275 cm³/mol. The number of hydrogen-bond acceptors (Lipinski definition) is 9. The van der Waals surface area contributed by atoms with Crippen molar-refractivity contribution in [2.24, 2.45) is 0 Å².